The van der Waals surface area contributed by atoms with Gasteiger partial charge in [-0.05, 0) is 19.2 Å². The van der Waals surface area contributed by atoms with Crippen molar-refractivity contribution in [1.29, 1.82) is 0 Å². The molecule has 6 heteroatoms. The molecule has 0 saturated heterocycles. The highest BCUT2D eigenvalue weighted by Crippen LogP contribution is 2.32. The number of nitrogens with zero attached hydrogens (tertiary/aromatic N) is 3. The lowest BCUT2D eigenvalue weighted by atomic mass is 10.1. The van der Waals surface area contributed by atoms with Crippen molar-refractivity contribution in [1.82, 2.24) is 10.3 Å². The second kappa shape index (κ2) is 5.62. The van der Waals surface area contributed by atoms with Gasteiger partial charge in [-0.15, -0.1) is 0 Å². The highest BCUT2D eigenvalue weighted by Gasteiger charge is 2.15. The summed E-state index contributed by atoms with van der Waals surface area (Å²) in [5.41, 5.74) is 1.06. The van der Waals surface area contributed by atoms with Gasteiger partial charge in [-0.25, -0.2) is 0 Å². The number of likely N-dealkylation sites (N-methyl/N-ethyl adjacent to an activating group) is 2. The van der Waals surface area contributed by atoms with Crippen LogP contribution in [0.1, 0.15) is 0 Å². The molecule has 1 aromatic heterocycles. The molecule has 6 nitrogen and oxygen atoms in total. The highest BCUT2D eigenvalue weighted by atomic mass is 16.6. The highest BCUT2D eigenvalue weighted by molar-refractivity contribution is 5.99. The van der Waals surface area contributed by atoms with Gasteiger partial charge in [0, 0.05) is 49.7 Å². The topological polar surface area (TPSA) is 71.3 Å². The van der Waals surface area contributed by atoms with E-state index in [4.69, 9.17) is 0 Å². The largest absolute Gasteiger partial charge is 0.373 e. The van der Waals surface area contributed by atoms with E-state index >= 15 is 0 Å². The Morgan fingerprint density at radius 2 is 2.16 bits per heavy atom. The van der Waals surface area contributed by atoms with E-state index in [9.17, 15) is 10.1 Å². The predicted molar refractivity (Wildman–Crippen MR) is 75.6 cm³/mol. The fraction of sp³-hybridized carbons (Fsp3) is 0.308. The van der Waals surface area contributed by atoms with Crippen molar-refractivity contribution in [3.63, 3.8) is 0 Å². The number of hydrogen-bond acceptors (Lipinski definition) is 5. The first-order valence-corrected chi connectivity index (χ1v) is 6.02. The number of hydrogen-bond donors (Lipinski definition) is 1. The fourth-order valence-corrected chi connectivity index (χ4v) is 2.05. The lowest BCUT2D eigenvalue weighted by molar-refractivity contribution is -0.383. The Morgan fingerprint density at radius 3 is 2.84 bits per heavy atom. The number of benzene rings is 1. The maximum atomic E-state index is 11.0. The molecular formula is C13H16N4O2. The number of anilines is 1. The van der Waals surface area contributed by atoms with E-state index in [0.717, 1.165) is 24.2 Å². The molecule has 1 aromatic carbocycles. The number of fused-ring (bicyclic) bond motifs is 1. The number of nitro groups is 1. The second-order valence-corrected chi connectivity index (χ2v) is 4.31. The molecule has 0 atom stereocenters. The van der Waals surface area contributed by atoms with Crippen molar-refractivity contribution in [3.05, 3.63) is 40.7 Å². The van der Waals surface area contributed by atoms with Crippen LogP contribution in [-0.4, -0.2) is 37.1 Å². The Hall–Kier alpha value is -2.21. The van der Waals surface area contributed by atoms with E-state index in [1.54, 1.807) is 30.6 Å². The summed E-state index contributed by atoms with van der Waals surface area (Å²) >= 11 is 0. The van der Waals surface area contributed by atoms with Gasteiger partial charge in [-0.3, -0.25) is 15.1 Å². The molecule has 0 saturated carbocycles. The SMILES string of the molecule is CNCCN(C)c1ccc([N+](=O)[O-])c2ccncc12. The molecule has 0 bridgehead atoms. The number of nitro benzene ring substituents is 1. The molecule has 100 valence electrons. The molecule has 0 fully saturated rings. The number of non-ortho nitro benzene ring substituents is 1. The van der Waals surface area contributed by atoms with Crippen molar-refractivity contribution < 1.29 is 4.92 Å². The van der Waals surface area contributed by atoms with E-state index < -0.39 is 0 Å². The second-order valence-electron chi connectivity index (χ2n) is 4.31. The minimum atomic E-state index is -0.361. The molecule has 19 heavy (non-hydrogen) atoms. The van der Waals surface area contributed by atoms with Crippen LogP contribution in [0, 0.1) is 10.1 Å². The molecule has 2 aromatic rings. The number of rotatable bonds is 5. The Labute approximate surface area is 111 Å². The minimum Gasteiger partial charge on any atom is -0.373 e. The lowest BCUT2D eigenvalue weighted by Crippen LogP contribution is -2.27. The zero-order valence-electron chi connectivity index (χ0n) is 11.0. The van der Waals surface area contributed by atoms with Crippen LogP contribution in [0.15, 0.2) is 30.6 Å². The first kappa shape index (κ1) is 13.2. The summed E-state index contributed by atoms with van der Waals surface area (Å²) in [7, 11) is 3.86. The van der Waals surface area contributed by atoms with E-state index in [-0.39, 0.29) is 10.6 Å². The van der Waals surface area contributed by atoms with Gasteiger partial charge in [0.15, 0.2) is 0 Å². The number of pyridine rings is 1. The average Bonchev–Trinajstić information content (AvgIpc) is 2.43. The summed E-state index contributed by atoms with van der Waals surface area (Å²) in [4.78, 5) is 16.8. The minimum absolute atomic E-state index is 0.114. The van der Waals surface area contributed by atoms with E-state index in [1.807, 2.05) is 14.1 Å². The van der Waals surface area contributed by atoms with Gasteiger partial charge in [-0.2, -0.15) is 0 Å². The third-order valence-corrected chi connectivity index (χ3v) is 3.08. The van der Waals surface area contributed by atoms with Crippen molar-refractivity contribution in [3.8, 4) is 0 Å². The first-order chi connectivity index (χ1) is 9.15. The number of nitrogens with one attached hydrogen (secondary N) is 1. The summed E-state index contributed by atoms with van der Waals surface area (Å²) in [6.07, 6.45) is 3.25. The molecule has 1 N–H and O–H groups in total. The Kier molecular flexibility index (Phi) is 3.91. The average molecular weight is 260 g/mol. The van der Waals surface area contributed by atoms with Gasteiger partial charge in [0.25, 0.3) is 5.69 Å². The zero-order valence-corrected chi connectivity index (χ0v) is 11.0. The van der Waals surface area contributed by atoms with Crippen LogP contribution in [0.2, 0.25) is 0 Å². The van der Waals surface area contributed by atoms with E-state index in [0.29, 0.717) is 5.39 Å². The van der Waals surface area contributed by atoms with Crippen LogP contribution in [0.3, 0.4) is 0 Å². The third kappa shape index (κ3) is 2.63. The van der Waals surface area contributed by atoms with Crippen molar-refractivity contribution in [2.45, 2.75) is 0 Å². The van der Waals surface area contributed by atoms with E-state index in [2.05, 4.69) is 15.2 Å². The Balaban J connectivity index is 2.52. The molecule has 0 unspecified atom stereocenters. The van der Waals surface area contributed by atoms with Crippen LogP contribution in [0.25, 0.3) is 10.8 Å². The summed E-state index contributed by atoms with van der Waals surface area (Å²) in [5, 5.41) is 15.5. The molecule has 0 aliphatic carbocycles. The van der Waals surface area contributed by atoms with Crippen LogP contribution in [-0.2, 0) is 0 Å². The van der Waals surface area contributed by atoms with Gasteiger partial charge in [0.05, 0.1) is 10.3 Å². The summed E-state index contributed by atoms with van der Waals surface area (Å²) in [6, 6.07) is 5.01. The van der Waals surface area contributed by atoms with Crippen molar-refractivity contribution in [2.75, 3.05) is 32.1 Å². The van der Waals surface area contributed by atoms with Crippen LogP contribution in [0.4, 0.5) is 11.4 Å². The molecule has 2 rings (SSSR count). The van der Waals surface area contributed by atoms with Gasteiger partial charge < -0.3 is 10.2 Å². The molecule has 0 radical (unpaired) electrons. The maximum absolute atomic E-state index is 11.0. The van der Waals surface area contributed by atoms with Crippen molar-refractivity contribution >= 4 is 22.1 Å². The van der Waals surface area contributed by atoms with E-state index in [1.165, 1.54) is 0 Å². The quantitative estimate of drug-likeness (QED) is 0.655. The number of aromatic nitrogens is 1. The Bertz CT molecular complexity index is 600. The van der Waals surface area contributed by atoms with Crippen molar-refractivity contribution in [2.24, 2.45) is 0 Å². The van der Waals surface area contributed by atoms with Crippen LogP contribution >= 0.6 is 0 Å². The molecule has 1 heterocycles. The first-order valence-electron chi connectivity index (χ1n) is 6.02. The molecule has 0 amide bonds. The summed E-state index contributed by atoms with van der Waals surface area (Å²) in [6.45, 7) is 1.66. The fourth-order valence-electron chi connectivity index (χ4n) is 2.05. The molecule has 0 aliphatic heterocycles. The van der Waals surface area contributed by atoms with Crippen LogP contribution in [0.5, 0.6) is 0 Å². The monoisotopic (exact) mass is 260 g/mol. The smallest absolute Gasteiger partial charge is 0.277 e. The third-order valence-electron chi connectivity index (χ3n) is 3.08. The maximum Gasteiger partial charge on any atom is 0.277 e. The standard InChI is InChI=1S/C13H16N4O2/c1-14-7-8-16(2)12-3-4-13(17(18)19)10-5-6-15-9-11(10)12/h3-6,9,14H,7-8H2,1-2H3. The van der Waals surface area contributed by atoms with Crippen LogP contribution < -0.4 is 10.2 Å². The van der Waals surface area contributed by atoms with Gasteiger partial charge in [0.1, 0.15) is 0 Å². The van der Waals surface area contributed by atoms with Gasteiger partial charge in [-0.1, -0.05) is 0 Å². The summed E-state index contributed by atoms with van der Waals surface area (Å²) < 4.78 is 0. The lowest BCUT2D eigenvalue weighted by Gasteiger charge is -2.20. The normalized spacial score (nSPS) is 10.6. The zero-order chi connectivity index (χ0) is 13.8. The predicted octanol–water partition coefficient (Wildman–Crippen LogP) is 1.80. The molecule has 0 aliphatic rings. The van der Waals surface area contributed by atoms with Gasteiger partial charge >= 0.3 is 0 Å². The molecule has 0 spiro atoms. The van der Waals surface area contributed by atoms with Gasteiger partial charge in [0.2, 0.25) is 0 Å². The summed E-state index contributed by atoms with van der Waals surface area (Å²) in [5.74, 6) is 0. The Morgan fingerprint density at radius 1 is 1.37 bits per heavy atom. The molecular weight excluding hydrogens is 244 g/mol.